The number of likely N-dealkylation sites (N-methyl/N-ethyl adjacent to an activating group) is 1. The van der Waals surface area contributed by atoms with E-state index in [-0.39, 0.29) is 36.7 Å². The number of methoxy groups -OCH3 is 1. The van der Waals surface area contributed by atoms with E-state index in [4.69, 9.17) is 28.4 Å². The van der Waals surface area contributed by atoms with E-state index in [0.29, 0.717) is 18.4 Å². The molecular formula is C36H63NO11. The highest BCUT2D eigenvalue weighted by molar-refractivity contribution is 5.97. The van der Waals surface area contributed by atoms with Crippen LogP contribution in [0.15, 0.2) is 11.6 Å². The average Bonchev–Trinajstić information content (AvgIpc) is 3.02. The number of ether oxygens (including phenoxy) is 6. The van der Waals surface area contributed by atoms with Crippen LogP contribution in [0, 0.1) is 23.7 Å². The Labute approximate surface area is 287 Å². The van der Waals surface area contributed by atoms with Gasteiger partial charge in [0.25, 0.3) is 0 Å². The molecule has 16 atom stereocenters. The van der Waals surface area contributed by atoms with Gasteiger partial charge >= 0.3 is 5.97 Å². The molecule has 12 heteroatoms. The summed E-state index contributed by atoms with van der Waals surface area (Å²) in [5.74, 6) is -3.13. The molecule has 0 saturated carbocycles. The van der Waals surface area contributed by atoms with Crippen molar-refractivity contribution >= 4 is 11.8 Å². The van der Waals surface area contributed by atoms with Crippen LogP contribution in [0.4, 0.5) is 0 Å². The third-order valence-corrected chi connectivity index (χ3v) is 10.9. The fraction of sp³-hybridized carbons (Fsp3) is 0.889. The van der Waals surface area contributed by atoms with Crippen LogP contribution in [0.25, 0.3) is 0 Å². The number of aliphatic hydroxyl groups is 3. The number of aliphatic hydroxyl groups excluding tert-OH is 2. The van der Waals surface area contributed by atoms with Gasteiger partial charge in [-0.25, -0.2) is 0 Å². The van der Waals surface area contributed by atoms with Gasteiger partial charge in [0.15, 0.2) is 18.4 Å². The van der Waals surface area contributed by atoms with Gasteiger partial charge in [-0.15, -0.1) is 0 Å². The third kappa shape index (κ3) is 9.24. The SMILES string of the molecule is CCC1OC(=O)[C@H](C)C(O[C@H]2C[C@@](C)(OC)[C@@H](O)[C@H](C)O2)[C@H](C)[C@@H](O[C@@H]2O[C@H](C)C[C@H](NC)[C@H]2O)[C@](C)(O)C[C@@H](C)/C=C(\C)C(=O)[C@H]1C. The van der Waals surface area contributed by atoms with Crippen molar-refractivity contribution in [2.75, 3.05) is 14.2 Å². The lowest BCUT2D eigenvalue weighted by Gasteiger charge is -2.48. The lowest BCUT2D eigenvalue weighted by Crippen LogP contribution is -2.60. The minimum atomic E-state index is -1.55. The second-order valence-corrected chi connectivity index (χ2v) is 15.1. The van der Waals surface area contributed by atoms with Gasteiger partial charge < -0.3 is 49.1 Å². The standard InChI is InChI=1S/C36H63NO11/c1-13-26-21(5)28(38)19(3)14-18(2)16-35(9,42)32(48-34-29(39)25(37-11)15-20(4)44-34)22(6)30(23(7)33(41)46-26)47-27-17-36(10,43-12)31(40)24(8)45-27/h14,18,20-27,29-32,34,37,39-40,42H,13,15-17H2,1-12H3/b19-14+/t18-,20+,21-,22-,23+,24-,25-,26?,27-,29+,30?,31-,32+,34-,35+,36+/m0/s1. The summed E-state index contributed by atoms with van der Waals surface area (Å²) >= 11 is 0. The van der Waals surface area contributed by atoms with Gasteiger partial charge in [0.2, 0.25) is 0 Å². The average molecular weight is 686 g/mol. The van der Waals surface area contributed by atoms with Gasteiger partial charge in [-0.1, -0.05) is 33.8 Å². The predicted molar refractivity (Wildman–Crippen MR) is 179 cm³/mol. The molecule has 3 aliphatic rings. The van der Waals surface area contributed by atoms with Crippen LogP contribution < -0.4 is 5.32 Å². The first kappa shape index (κ1) is 40.9. The highest BCUT2D eigenvalue weighted by Crippen LogP contribution is 2.39. The zero-order valence-electron chi connectivity index (χ0n) is 31.1. The highest BCUT2D eigenvalue weighted by atomic mass is 16.7. The van der Waals surface area contributed by atoms with Crippen molar-refractivity contribution in [3.63, 3.8) is 0 Å². The summed E-state index contributed by atoms with van der Waals surface area (Å²) in [4.78, 5) is 27.4. The molecule has 0 radical (unpaired) electrons. The monoisotopic (exact) mass is 685 g/mol. The summed E-state index contributed by atoms with van der Waals surface area (Å²) < 4.78 is 37.2. The summed E-state index contributed by atoms with van der Waals surface area (Å²) in [6, 6.07) is -0.308. The molecule has 0 amide bonds. The van der Waals surface area contributed by atoms with E-state index in [0.717, 1.165) is 0 Å². The molecule has 3 heterocycles. The maximum Gasteiger partial charge on any atom is 0.311 e. The molecule has 0 aromatic rings. The number of esters is 1. The minimum absolute atomic E-state index is 0.132. The third-order valence-electron chi connectivity index (χ3n) is 10.9. The van der Waals surface area contributed by atoms with Crippen molar-refractivity contribution in [2.45, 2.75) is 167 Å². The normalized spacial score (nSPS) is 48.3. The lowest BCUT2D eigenvalue weighted by molar-refractivity contribution is -0.315. The molecule has 0 aromatic carbocycles. The van der Waals surface area contributed by atoms with Crippen molar-refractivity contribution in [2.24, 2.45) is 23.7 Å². The molecule has 3 rings (SSSR count). The number of carbonyl (C=O) groups excluding carboxylic acids is 2. The van der Waals surface area contributed by atoms with E-state index in [1.165, 1.54) is 7.11 Å². The quantitative estimate of drug-likeness (QED) is 0.290. The van der Waals surface area contributed by atoms with Gasteiger partial charge in [-0.2, -0.15) is 0 Å². The Morgan fingerprint density at radius 3 is 2.23 bits per heavy atom. The first-order valence-electron chi connectivity index (χ1n) is 17.7. The first-order chi connectivity index (χ1) is 22.3. The summed E-state index contributed by atoms with van der Waals surface area (Å²) in [7, 11) is 3.28. The fourth-order valence-corrected chi connectivity index (χ4v) is 7.87. The van der Waals surface area contributed by atoms with Crippen LogP contribution in [0.5, 0.6) is 0 Å². The number of hydrogen-bond donors (Lipinski definition) is 4. The van der Waals surface area contributed by atoms with Gasteiger partial charge in [0.05, 0.1) is 47.5 Å². The Morgan fingerprint density at radius 2 is 1.65 bits per heavy atom. The molecule has 12 nitrogen and oxygen atoms in total. The van der Waals surface area contributed by atoms with Crippen LogP contribution in [0.3, 0.4) is 0 Å². The molecule has 2 unspecified atom stereocenters. The highest BCUT2D eigenvalue weighted by Gasteiger charge is 2.51. The molecule has 0 aliphatic carbocycles. The van der Waals surface area contributed by atoms with E-state index < -0.39 is 84.1 Å². The van der Waals surface area contributed by atoms with E-state index in [1.54, 1.807) is 48.6 Å². The smallest absolute Gasteiger partial charge is 0.311 e. The van der Waals surface area contributed by atoms with E-state index in [1.807, 2.05) is 33.8 Å². The Kier molecular flexibility index (Phi) is 14.2. The summed E-state index contributed by atoms with van der Waals surface area (Å²) in [5.41, 5.74) is -2.01. The molecule has 2 fully saturated rings. The maximum absolute atomic E-state index is 14.0. The number of allylic oxidation sites excluding steroid dienone is 2. The van der Waals surface area contributed by atoms with Crippen LogP contribution >= 0.6 is 0 Å². The Bertz CT molecular complexity index is 1120. The molecule has 0 bridgehead atoms. The van der Waals surface area contributed by atoms with E-state index in [9.17, 15) is 24.9 Å². The number of cyclic esters (lactones) is 1. The van der Waals surface area contributed by atoms with Crippen LogP contribution in [-0.4, -0.2) is 114 Å². The number of hydrogen-bond acceptors (Lipinski definition) is 12. The second-order valence-electron chi connectivity index (χ2n) is 15.1. The van der Waals surface area contributed by atoms with Crippen molar-refractivity contribution in [3.05, 3.63) is 11.6 Å². The predicted octanol–water partition coefficient (Wildman–Crippen LogP) is 3.28. The van der Waals surface area contributed by atoms with Crippen LogP contribution in [0.1, 0.15) is 94.9 Å². The molecule has 2 saturated heterocycles. The molecule has 0 spiro atoms. The summed E-state index contributed by atoms with van der Waals surface area (Å²) in [6.07, 6.45) is -4.27. The Balaban J connectivity index is 2.14. The Morgan fingerprint density at radius 1 is 1.00 bits per heavy atom. The largest absolute Gasteiger partial charge is 0.461 e. The van der Waals surface area contributed by atoms with Gasteiger partial charge in [0, 0.05) is 25.5 Å². The zero-order valence-corrected chi connectivity index (χ0v) is 31.1. The fourth-order valence-electron chi connectivity index (χ4n) is 7.87. The van der Waals surface area contributed by atoms with Crippen LogP contribution in [0.2, 0.25) is 0 Å². The van der Waals surface area contributed by atoms with Crippen molar-refractivity contribution in [1.29, 1.82) is 0 Å². The van der Waals surface area contributed by atoms with Gasteiger partial charge in [-0.05, 0) is 79.3 Å². The van der Waals surface area contributed by atoms with Crippen molar-refractivity contribution in [3.8, 4) is 0 Å². The summed E-state index contributed by atoms with van der Waals surface area (Å²) in [6.45, 7) is 17.9. The first-order valence-corrected chi connectivity index (χ1v) is 17.7. The van der Waals surface area contributed by atoms with Gasteiger partial charge in [-0.3, -0.25) is 9.59 Å². The molecule has 3 aliphatic heterocycles. The Hall–Kier alpha value is -1.48. The van der Waals surface area contributed by atoms with Crippen LogP contribution in [-0.2, 0) is 38.0 Å². The molecular weight excluding hydrogens is 622 g/mol. The molecule has 48 heavy (non-hydrogen) atoms. The molecule has 278 valence electrons. The number of carbonyl (C=O) groups is 2. The van der Waals surface area contributed by atoms with Crippen molar-refractivity contribution < 1.29 is 53.3 Å². The summed E-state index contributed by atoms with van der Waals surface area (Å²) in [5, 5.41) is 37.5. The van der Waals surface area contributed by atoms with Crippen molar-refractivity contribution in [1.82, 2.24) is 5.32 Å². The maximum atomic E-state index is 14.0. The number of nitrogens with one attached hydrogen (secondary N) is 1. The second kappa shape index (κ2) is 16.7. The lowest BCUT2D eigenvalue weighted by atomic mass is 9.77. The minimum Gasteiger partial charge on any atom is -0.461 e. The number of Topliss-reactive ketones (excluding diaryl/α,β-unsaturated/α-hetero) is 1. The molecule has 0 aromatic heterocycles. The number of ketones is 1. The van der Waals surface area contributed by atoms with E-state index >= 15 is 0 Å². The van der Waals surface area contributed by atoms with E-state index in [2.05, 4.69) is 5.32 Å². The number of rotatable bonds is 7. The topological polar surface area (TPSA) is 162 Å². The zero-order chi connectivity index (χ0) is 36.3. The van der Waals surface area contributed by atoms with Gasteiger partial charge in [0.1, 0.15) is 18.3 Å². The molecule has 4 N–H and O–H groups in total.